The molecule has 8 N–H and O–H groups in total. The highest BCUT2D eigenvalue weighted by molar-refractivity contribution is 6.33. The number of amides is 5. The van der Waals surface area contributed by atoms with Crippen LogP contribution in [0.4, 0.5) is 5.69 Å². The number of nitrogens with two attached hydrogens (primary N) is 2. The Morgan fingerprint density at radius 1 is 1.02 bits per heavy atom. The number of carbonyl (C=O) groups excluding carboxylic acids is 5. The van der Waals surface area contributed by atoms with Crippen LogP contribution in [0.5, 0.6) is 0 Å². The second-order valence-electron chi connectivity index (χ2n) is 13.4. The van der Waals surface area contributed by atoms with Gasteiger partial charge in [-0.3, -0.25) is 24.0 Å². The van der Waals surface area contributed by atoms with Crippen molar-refractivity contribution >= 4 is 46.8 Å². The maximum atomic E-state index is 14.0. The number of carbonyl (C=O) groups is 5. The first kappa shape index (κ1) is 39.5. The first-order valence-corrected chi connectivity index (χ1v) is 18.3. The zero-order valence-electron chi connectivity index (χ0n) is 30.6. The third-order valence-corrected chi connectivity index (χ3v) is 9.52. The Labute approximate surface area is 319 Å². The maximum Gasteiger partial charge on any atom is 0.255 e. The van der Waals surface area contributed by atoms with Gasteiger partial charge in [0, 0.05) is 23.7 Å². The van der Waals surface area contributed by atoms with Crippen molar-refractivity contribution in [3.05, 3.63) is 99.3 Å². The Kier molecular flexibility index (Phi) is 13.1. The predicted molar refractivity (Wildman–Crippen MR) is 208 cm³/mol. The molecule has 5 amide bonds. The minimum absolute atomic E-state index is 0.00614. The van der Waals surface area contributed by atoms with E-state index in [0.717, 1.165) is 24.8 Å². The fourth-order valence-electron chi connectivity index (χ4n) is 6.33. The van der Waals surface area contributed by atoms with Crippen molar-refractivity contribution in [3.8, 4) is 22.5 Å². The van der Waals surface area contributed by atoms with E-state index in [9.17, 15) is 24.0 Å². The van der Waals surface area contributed by atoms with Gasteiger partial charge in [-0.25, -0.2) is 9.97 Å². The van der Waals surface area contributed by atoms with Gasteiger partial charge in [0.15, 0.2) is 5.82 Å². The summed E-state index contributed by atoms with van der Waals surface area (Å²) in [6, 6.07) is 14.6. The first-order valence-electron chi connectivity index (χ1n) is 17.9. The number of unbranched alkanes of at least 4 members (excludes halogenated alkanes) is 1. The lowest BCUT2D eigenvalue weighted by molar-refractivity contribution is -0.128. The standard InChI is InChI=1S/C40H45ClN8O5/c1-4-5-7-24-10-11-28(31(41)17-24)38-45-20-30(23(3)46-38)39(53)48-32(12-13-42)40(54)49-36-22(2)14-26-16-29(36)27-9-6-8-25(15-27)19-34(50)44-21-35(51)47-33(18-26)37(43)52/h6,8-11,14-17,20,32-33H,4-5,7,12-13,18-19,21,42H2,1-3H3,(H2,43,52)(H,44,50)(H,47,51)(H,48,53)(H,49,54)/t32-,33?/m0/s1. The molecular formula is C40H45ClN8O5. The predicted octanol–water partition coefficient (Wildman–Crippen LogP) is 3.69. The Morgan fingerprint density at radius 2 is 1.81 bits per heavy atom. The van der Waals surface area contributed by atoms with Crippen molar-refractivity contribution in [2.75, 3.05) is 18.4 Å². The zero-order valence-corrected chi connectivity index (χ0v) is 31.3. The summed E-state index contributed by atoms with van der Waals surface area (Å²) in [4.78, 5) is 74.1. The van der Waals surface area contributed by atoms with E-state index in [1.54, 1.807) is 38.1 Å². The molecule has 4 bridgehead atoms. The van der Waals surface area contributed by atoms with Gasteiger partial charge >= 0.3 is 0 Å². The number of nitrogens with zero attached hydrogens (tertiary/aromatic N) is 2. The van der Waals surface area contributed by atoms with Crippen molar-refractivity contribution < 1.29 is 24.0 Å². The van der Waals surface area contributed by atoms with Crippen LogP contribution < -0.4 is 32.7 Å². The molecule has 1 unspecified atom stereocenters. The molecule has 0 spiro atoms. The van der Waals surface area contributed by atoms with E-state index in [1.807, 2.05) is 30.3 Å². The summed E-state index contributed by atoms with van der Waals surface area (Å²) in [5.41, 5.74) is 17.7. The molecule has 2 heterocycles. The van der Waals surface area contributed by atoms with Gasteiger partial charge in [0.1, 0.15) is 12.1 Å². The van der Waals surface area contributed by atoms with Crippen LogP contribution in [0.15, 0.2) is 60.8 Å². The summed E-state index contributed by atoms with van der Waals surface area (Å²) in [6.45, 7) is 5.42. The van der Waals surface area contributed by atoms with E-state index in [-0.39, 0.29) is 43.8 Å². The Hall–Kier alpha value is -5.66. The number of rotatable bonds is 11. The van der Waals surface area contributed by atoms with E-state index in [4.69, 9.17) is 23.1 Å². The van der Waals surface area contributed by atoms with Gasteiger partial charge in [0.25, 0.3) is 5.91 Å². The topological polar surface area (TPSA) is 211 Å². The first-order chi connectivity index (χ1) is 25.9. The number of primary amides is 1. The van der Waals surface area contributed by atoms with E-state index in [0.29, 0.717) is 55.6 Å². The van der Waals surface area contributed by atoms with Gasteiger partial charge < -0.3 is 32.7 Å². The molecule has 1 aliphatic heterocycles. The van der Waals surface area contributed by atoms with Crippen LogP contribution in [-0.4, -0.2) is 64.7 Å². The normalized spacial score (nSPS) is 14.9. The lowest BCUT2D eigenvalue weighted by Gasteiger charge is -2.23. The van der Waals surface area contributed by atoms with Gasteiger partial charge in [0.2, 0.25) is 23.6 Å². The molecule has 0 radical (unpaired) electrons. The zero-order chi connectivity index (χ0) is 38.9. The third kappa shape index (κ3) is 9.85. The summed E-state index contributed by atoms with van der Waals surface area (Å²) in [5, 5.41) is 11.5. The van der Waals surface area contributed by atoms with Crippen LogP contribution >= 0.6 is 11.6 Å². The Morgan fingerprint density at radius 3 is 2.52 bits per heavy atom. The van der Waals surface area contributed by atoms with Gasteiger partial charge in [-0.1, -0.05) is 61.3 Å². The van der Waals surface area contributed by atoms with Crippen LogP contribution in [0.3, 0.4) is 0 Å². The molecule has 1 aliphatic rings. The largest absolute Gasteiger partial charge is 0.368 e. The molecule has 54 heavy (non-hydrogen) atoms. The minimum atomic E-state index is -1.05. The Balaban J connectivity index is 1.42. The highest BCUT2D eigenvalue weighted by Crippen LogP contribution is 2.34. The van der Waals surface area contributed by atoms with Gasteiger partial charge in [-0.05, 0) is 85.7 Å². The number of halogens is 1. The number of hydrogen-bond donors (Lipinski definition) is 6. The van der Waals surface area contributed by atoms with Crippen molar-refractivity contribution in [2.45, 2.75) is 71.4 Å². The third-order valence-electron chi connectivity index (χ3n) is 9.21. The molecule has 13 nitrogen and oxygen atoms in total. The summed E-state index contributed by atoms with van der Waals surface area (Å²) in [7, 11) is 0. The molecule has 0 saturated heterocycles. The van der Waals surface area contributed by atoms with Crippen molar-refractivity contribution in [3.63, 3.8) is 0 Å². The quantitative estimate of drug-likeness (QED) is 0.133. The number of hydrogen-bond acceptors (Lipinski definition) is 8. The molecular weight excluding hydrogens is 708 g/mol. The Bertz CT molecular complexity index is 2090. The van der Waals surface area contributed by atoms with E-state index in [1.165, 1.54) is 6.20 Å². The number of nitrogens with one attached hydrogen (secondary N) is 4. The van der Waals surface area contributed by atoms with Crippen molar-refractivity contribution in [1.29, 1.82) is 0 Å². The summed E-state index contributed by atoms with van der Waals surface area (Å²) < 4.78 is 0. The van der Waals surface area contributed by atoms with E-state index < -0.39 is 35.7 Å². The summed E-state index contributed by atoms with van der Waals surface area (Å²) in [6.07, 6.45) is 4.67. The average Bonchev–Trinajstić information content (AvgIpc) is 3.13. The van der Waals surface area contributed by atoms with Crippen LogP contribution in [0.1, 0.15) is 64.5 Å². The van der Waals surface area contributed by atoms with Crippen LogP contribution in [-0.2, 0) is 38.4 Å². The van der Waals surface area contributed by atoms with Gasteiger partial charge in [0.05, 0.1) is 34.9 Å². The molecule has 0 saturated carbocycles. The summed E-state index contributed by atoms with van der Waals surface area (Å²) >= 11 is 6.59. The second kappa shape index (κ2) is 17.9. The number of anilines is 1. The smallest absolute Gasteiger partial charge is 0.255 e. The molecule has 0 fully saturated rings. The molecule has 4 aromatic rings. The number of aromatic nitrogens is 2. The fourth-order valence-corrected chi connectivity index (χ4v) is 6.62. The lowest BCUT2D eigenvalue weighted by atomic mass is 9.93. The molecule has 5 rings (SSSR count). The van der Waals surface area contributed by atoms with E-state index in [2.05, 4.69) is 38.2 Å². The van der Waals surface area contributed by atoms with Crippen molar-refractivity contribution in [2.24, 2.45) is 11.5 Å². The minimum Gasteiger partial charge on any atom is -0.368 e. The van der Waals surface area contributed by atoms with Crippen molar-refractivity contribution in [1.82, 2.24) is 25.9 Å². The lowest BCUT2D eigenvalue weighted by Crippen LogP contribution is -2.49. The van der Waals surface area contributed by atoms with E-state index >= 15 is 0 Å². The van der Waals surface area contributed by atoms with Crippen LogP contribution in [0, 0.1) is 13.8 Å². The summed E-state index contributed by atoms with van der Waals surface area (Å²) in [5.74, 6) is -2.36. The van der Waals surface area contributed by atoms with Crippen LogP contribution in [0.25, 0.3) is 22.5 Å². The number of benzene rings is 3. The highest BCUT2D eigenvalue weighted by atomic mass is 35.5. The maximum absolute atomic E-state index is 14.0. The molecule has 0 aliphatic carbocycles. The number of aryl methyl sites for hydroxylation is 3. The number of fused-ring (bicyclic) bond motifs is 5. The average molecular weight is 753 g/mol. The second-order valence-corrected chi connectivity index (χ2v) is 13.8. The molecule has 14 heteroatoms. The molecule has 282 valence electrons. The molecule has 1 aromatic heterocycles. The van der Waals surface area contributed by atoms with Gasteiger partial charge in [-0.2, -0.15) is 0 Å². The highest BCUT2D eigenvalue weighted by Gasteiger charge is 2.26. The molecule has 2 atom stereocenters. The monoisotopic (exact) mass is 752 g/mol. The SMILES string of the molecule is CCCCc1ccc(-c2ncc(C(=O)N[C@@H](CCN)C(=O)Nc3c(C)cc4cc3-c3cccc(c3)CC(=O)NCC(=O)NC(C(N)=O)C4)c(C)n2)c(Cl)c1. The van der Waals surface area contributed by atoms with Gasteiger partial charge in [-0.15, -0.1) is 0 Å². The van der Waals surface area contributed by atoms with Crippen LogP contribution in [0.2, 0.25) is 5.02 Å². The molecule has 3 aromatic carbocycles. The fraction of sp³-hybridized carbons (Fsp3) is 0.325.